The molecule has 1 heterocycles. The number of halogens is 1. The molecule has 1 N–H and O–H groups in total. The number of hydrogen-bond acceptors (Lipinski definition) is 3. The smallest absolute Gasteiger partial charge is 0.223 e. The molecular weight excluding hydrogens is 319 g/mol. The molecule has 1 aromatic carbocycles. The van der Waals surface area contributed by atoms with Crippen molar-refractivity contribution >= 4 is 17.4 Å². The van der Waals surface area contributed by atoms with Gasteiger partial charge in [0.1, 0.15) is 11.6 Å². The van der Waals surface area contributed by atoms with Gasteiger partial charge < -0.3 is 10.2 Å². The highest BCUT2D eigenvalue weighted by atomic mass is 19.1. The van der Waals surface area contributed by atoms with E-state index in [0.29, 0.717) is 24.9 Å². The van der Waals surface area contributed by atoms with Crippen LogP contribution in [-0.2, 0) is 9.59 Å². The largest absolute Gasteiger partial charge is 0.369 e. The van der Waals surface area contributed by atoms with E-state index in [4.69, 9.17) is 0 Å². The fourth-order valence-corrected chi connectivity index (χ4v) is 4.03. The molecule has 3 rings (SSSR count). The van der Waals surface area contributed by atoms with Gasteiger partial charge in [-0.25, -0.2) is 4.39 Å². The third-order valence-corrected chi connectivity index (χ3v) is 5.59. The topological polar surface area (TPSA) is 49.4 Å². The molecule has 5 heteroatoms. The van der Waals surface area contributed by atoms with Crippen LogP contribution in [0.15, 0.2) is 18.2 Å². The third-order valence-electron chi connectivity index (χ3n) is 5.59. The summed E-state index contributed by atoms with van der Waals surface area (Å²) in [6, 6.07) is 5.32. The van der Waals surface area contributed by atoms with E-state index in [1.165, 1.54) is 6.07 Å². The van der Waals surface area contributed by atoms with Crippen molar-refractivity contribution in [1.82, 2.24) is 5.32 Å². The van der Waals surface area contributed by atoms with Crippen molar-refractivity contribution in [3.63, 3.8) is 0 Å². The van der Waals surface area contributed by atoms with Crippen LogP contribution in [0, 0.1) is 24.6 Å². The number of Topliss-reactive ketones (excluding diaryl/α,β-unsaturated/α-hetero) is 1. The van der Waals surface area contributed by atoms with Crippen LogP contribution in [0.5, 0.6) is 0 Å². The molecule has 1 amide bonds. The van der Waals surface area contributed by atoms with Gasteiger partial charge in [0.2, 0.25) is 5.91 Å². The second-order valence-corrected chi connectivity index (χ2v) is 7.59. The summed E-state index contributed by atoms with van der Waals surface area (Å²) in [5.41, 5.74) is 1.71. The molecule has 0 bridgehead atoms. The number of carbonyl (C=O) groups is 2. The molecule has 1 saturated heterocycles. The summed E-state index contributed by atoms with van der Waals surface area (Å²) in [5.74, 6) is 0.242. The molecule has 4 nitrogen and oxygen atoms in total. The lowest BCUT2D eigenvalue weighted by atomic mass is 9.79. The Kier molecular flexibility index (Phi) is 5.40. The molecule has 1 aliphatic carbocycles. The zero-order chi connectivity index (χ0) is 18.0. The molecule has 0 unspecified atom stereocenters. The van der Waals surface area contributed by atoms with Crippen molar-refractivity contribution in [2.24, 2.45) is 11.8 Å². The number of rotatable bonds is 3. The third kappa shape index (κ3) is 4.20. The van der Waals surface area contributed by atoms with Crippen molar-refractivity contribution in [3.05, 3.63) is 29.6 Å². The Balaban J connectivity index is 1.53. The van der Waals surface area contributed by atoms with Crippen LogP contribution < -0.4 is 10.2 Å². The number of benzene rings is 1. The minimum Gasteiger partial charge on any atom is -0.369 e. The van der Waals surface area contributed by atoms with Crippen LogP contribution in [0.25, 0.3) is 0 Å². The number of ketones is 1. The fourth-order valence-electron chi connectivity index (χ4n) is 4.03. The normalized spacial score (nSPS) is 25.1. The van der Waals surface area contributed by atoms with Crippen molar-refractivity contribution < 1.29 is 14.0 Å². The fraction of sp³-hybridized carbons (Fsp3) is 0.600. The first-order valence-corrected chi connectivity index (χ1v) is 9.27. The number of hydrogen-bond donors (Lipinski definition) is 1. The summed E-state index contributed by atoms with van der Waals surface area (Å²) < 4.78 is 14.0. The van der Waals surface area contributed by atoms with Crippen LogP contribution in [0.2, 0.25) is 0 Å². The highest BCUT2D eigenvalue weighted by molar-refractivity contribution is 5.85. The number of piperidine rings is 1. The summed E-state index contributed by atoms with van der Waals surface area (Å²) in [7, 11) is 0. The molecule has 1 saturated carbocycles. The maximum absolute atomic E-state index is 14.0. The van der Waals surface area contributed by atoms with Gasteiger partial charge in [-0.05, 0) is 49.8 Å². The molecule has 2 fully saturated rings. The number of nitrogens with one attached hydrogen (secondary N) is 1. The second-order valence-electron chi connectivity index (χ2n) is 7.59. The molecule has 136 valence electrons. The summed E-state index contributed by atoms with van der Waals surface area (Å²) >= 11 is 0. The van der Waals surface area contributed by atoms with E-state index in [0.717, 1.165) is 31.5 Å². The van der Waals surface area contributed by atoms with Gasteiger partial charge in [0.05, 0.1) is 5.69 Å². The average Bonchev–Trinajstić information content (AvgIpc) is 2.57. The van der Waals surface area contributed by atoms with Crippen LogP contribution in [-0.4, -0.2) is 30.8 Å². The molecule has 0 radical (unpaired) electrons. The van der Waals surface area contributed by atoms with Crippen molar-refractivity contribution in [3.8, 4) is 0 Å². The van der Waals surface area contributed by atoms with Gasteiger partial charge in [0, 0.05) is 37.9 Å². The highest BCUT2D eigenvalue weighted by Gasteiger charge is 2.33. The van der Waals surface area contributed by atoms with Crippen molar-refractivity contribution in [2.45, 2.75) is 52.0 Å². The lowest BCUT2D eigenvalue weighted by Gasteiger charge is -2.35. The molecule has 0 spiro atoms. The minimum absolute atomic E-state index is 0.0510. The van der Waals surface area contributed by atoms with Gasteiger partial charge in [0.25, 0.3) is 0 Å². The van der Waals surface area contributed by atoms with Crippen LogP contribution in [0.3, 0.4) is 0 Å². The van der Waals surface area contributed by atoms with Gasteiger partial charge in [-0.1, -0.05) is 13.0 Å². The zero-order valence-corrected chi connectivity index (χ0v) is 15.1. The van der Waals surface area contributed by atoms with Crippen LogP contribution in [0.4, 0.5) is 10.1 Å². The number of nitrogens with zero attached hydrogens (tertiary/aromatic N) is 1. The second kappa shape index (κ2) is 7.54. The lowest BCUT2D eigenvalue weighted by Crippen LogP contribution is -2.48. The van der Waals surface area contributed by atoms with E-state index in [1.54, 1.807) is 6.07 Å². The first kappa shape index (κ1) is 17.9. The average molecular weight is 346 g/mol. The Morgan fingerprint density at radius 2 is 1.96 bits per heavy atom. The van der Waals surface area contributed by atoms with E-state index in [1.807, 2.05) is 19.9 Å². The maximum atomic E-state index is 14.0. The number of aryl methyl sites for hydroxylation is 1. The van der Waals surface area contributed by atoms with Gasteiger partial charge in [-0.2, -0.15) is 0 Å². The Morgan fingerprint density at radius 3 is 2.64 bits per heavy atom. The molecule has 2 atom stereocenters. The Hall–Kier alpha value is -1.91. The first-order valence-electron chi connectivity index (χ1n) is 9.27. The Labute approximate surface area is 148 Å². The summed E-state index contributed by atoms with van der Waals surface area (Å²) in [4.78, 5) is 26.1. The number of carbonyl (C=O) groups excluding carboxylic acids is 2. The lowest BCUT2D eigenvalue weighted by molar-refractivity contribution is -0.131. The Morgan fingerprint density at radius 1 is 1.24 bits per heavy atom. The molecule has 1 aliphatic heterocycles. The van der Waals surface area contributed by atoms with Gasteiger partial charge in [0.15, 0.2) is 0 Å². The summed E-state index contributed by atoms with van der Waals surface area (Å²) in [5, 5.41) is 3.16. The van der Waals surface area contributed by atoms with Crippen molar-refractivity contribution in [1.29, 1.82) is 0 Å². The maximum Gasteiger partial charge on any atom is 0.223 e. The van der Waals surface area contributed by atoms with Crippen LogP contribution in [0.1, 0.15) is 44.6 Å². The molecule has 2 aliphatic rings. The minimum atomic E-state index is -0.186. The SMILES string of the molecule is Cc1ccc(F)c(N2CCC(NC(=O)[C@@H]3CCC(=O)C[C@H]3C)CC2)c1. The van der Waals surface area contributed by atoms with E-state index in [2.05, 4.69) is 10.2 Å². The first-order chi connectivity index (χ1) is 11.9. The summed E-state index contributed by atoms with van der Waals surface area (Å²) in [6.45, 7) is 5.43. The number of anilines is 1. The predicted octanol–water partition coefficient (Wildman–Crippen LogP) is 3.22. The van der Waals surface area contributed by atoms with Crippen molar-refractivity contribution in [2.75, 3.05) is 18.0 Å². The van der Waals surface area contributed by atoms with Gasteiger partial charge in [-0.15, -0.1) is 0 Å². The molecule has 25 heavy (non-hydrogen) atoms. The molecular formula is C20H27FN2O2. The highest BCUT2D eigenvalue weighted by Crippen LogP contribution is 2.29. The van der Waals surface area contributed by atoms with Gasteiger partial charge >= 0.3 is 0 Å². The van der Waals surface area contributed by atoms with E-state index < -0.39 is 0 Å². The van der Waals surface area contributed by atoms with E-state index in [9.17, 15) is 14.0 Å². The Bertz CT molecular complexity index is 653. The quantitative estimate of drug-likeness (QED) is 0.914. The predicted molar refractivity (Wildman–Crippen MR) is 96.0 cm³/mol. The summed E-state index contributed by atoms with van der Waals surface area (Å²) in [6.07, 6.45) is 3.34. The standard InChI is InChI=1S/C20H27FN2O2/c1-13-3-6-18(21)19(11-13)23-9-7-15(8-10-23)22-20(25)17-5-4-16(24)12-14(17)2/h3,6,11,14-15,17H,4-5,7-10,12H2,1-2H3,(H,22,25)/t14-,17-/m1/s1. The van der Waals surface area contributed by atoms with E-state index >= 15 is 0 Å². The zero-order valence-electron chi connectivity index (χ0n) is 15.1. The van der Waals surface area contributed by atoms with Gasteiger partial charge in [-0.3, -0.25) is 9.59 Å². The van der Waals surface area contributed by atoms with E-state index in [-0.39, 0.29) is 35.4 Å². The monoisotopic (exact) mass is 346 g/mol. The molecule has 0 aromatic heterocycles. The van der Waals surface area contributed by atoms with Crippen LogP contribution >= 0.6 is 0 Å². The number of amides is 1. The molecule has 1 aromatic rings.